The summed E-state index contributed by atoms with van der Waals surface area (Å²) in [5, 5.41) is 7.59. The van der Waals surface area contributed by atoms with Gasteiger partial charge in [0.25, 0.3) is 5.91 Å². The van der Waals surface area contributed by atoms with Crippen molar-refractivity contribution in [2.75, 3.05) is 23.8 Å². The van der Waals surface area contributed by atoms with Crippen LogP contribution in [0, 0.1) is 0 Å². The van der Waals surface area contributed by atoms with Crippen molar-refractivity contribution in [1.29, 1.82) is 0 Å². The maximum absolute atomic E-state index is 12.6. The van der Waals surface area contributed by atoms with E-state index >= 15 is 0 Å². The lowest BCUT2D eigenvalue weighted by atomic mass is 10.2. The van der Waals surface area contributed by atoms with Crippen molar-refractivity contribution < 1.29 is 4.79 Å². The molecule has 0 fully saturated rings. The van der Waals surface area contributed by atoms with Gasteiger partial charge in [0.1, 0.15) is 5.56 Å². The van der Waals surface area contributed by atoms with Crippen molar-refractivity contribution >= 4 is 34.5 Å². The highest BCUT2D eigenvalue weighted by Gasteiger charge is 2.16. The summed E-state index contributed by atoms with van der Waals surface area (Å²) in [5.41, 5.74) is 2.48. The highest BCUT2D eigenvalue weighted by Crippen LogP contribution is 2.29. The maximum Gasteiger partial charge on any atom is 0.261 e. The molecule has 0 unspecified atom stereocenters. The third-order valence-electron chi connectivity index (χ3n) is 3.62. The molecule has 0 spiro atoms. The van der Waals surface area contributed by atoms with E-state index < -0.39 is 0 Å². The minimum atomic E-state index is -0.272. The molecule has 0 bridgehead atoms. The molecular formula is C16H16ClN5O. The average molecular weight is 330 g/mol. The van der Waals surface area contributed by atoms with Crippen molar-refractivity contribution in [3.63, 3.8) is 0 Å². The zero-order valence-corrected chi connectivity index (χ0v) is 13.6. The molecule has 1 N–H and O–H groups in total. The first-order chi connectivity index (χ1) is 11.1. The van der Waals surface area contributed by atoms with E-state index in [-0.39, 0.29) is 5.91 Å². The van der Waals surface area contributed by atoms with Gasteiger partial charge in [-0.1, -0.05) is 11.6 Å². The van der Waals surface area contributed by atoms with Gasteiger partial charge < -0.3 is 10.2 Å². The number of halogens is 1. The predicted octanol–water partition coefficient (Wildman–Crippen LogP) is 3.09. The number of carbonyl (C=O) groups is 1. The molecule has 2 heterocycles. The Morgan fingerprint density at radius 2 is 2.26 bits per heavy atom. The maximum atomic E-state index is 12.6. The van der Waals surface area contributed by atoms with Crippen molar-refractivity contribution in [1.82, 2.24) is 14.6 Å². The van der Waals surface area contributed by atoms with E-state index in [1.54, 1.807) is 35.1 Å². The van der Waals surface area contributed by atoms with Crippen molar-refractivity contribution in [3.05, 3.63) is 53.4 Å². The predicted molar refractivity (Wildman–Crippen MR) is 91.3 cm³/mol. The molecule has 118 valence electrons. The lowest BCUT2D eigenvalue weighted by Gasteiger charge is -2.21. The van der Waals surface area contributed by atoms with Crippen LogP contribution < -0.4 is 10.2 Å². The highest BCUT2D eigenvalue weighted by molar-refractivity contribution is 6.31. The number of benzene rings is 1. The van der Waals surface area contributed by atoms with Gasteiger partial charge >= 0.3 is 0 Å². The van der Waals surface area contributed by atoms with Crippen molar-refractivity contribution in [2.45, 2.75) is 6.92 Å². The van der Waals surface area contributed by atoms with Gasteiger partial charge in [-0.25, -0.2) is 9.50 Å². The van der Waals surface area contributed by atoms with Gasteiger partial charge in [0.05, 0.1) is 17.6 Å². The summed E-state index contributed by atoms with van der Waals surface area (Å²) >= 11 is 6.07. The fourth-order valence-electron chi connectivity index (χ4n) is 2.29. The van der Waals surface area contributed by atoms with Crippen LogP contribution in [0.1, 0.15) is 17.3 Å². The summed E-state index contributed by atoms with van der Waals surface area (Å²) in [6.45, 7) is 2.85. The Hall–Kier alpha value is -2.60. The van der Waals surface area contributed by atoms with E-state index in [9.17, 15) is 4.79 Å². The molecule has 1 aromatic carbocycles. The number of anilines is 2. The lowest BCUT2D eigenvalue weighted by Crippen LogP contribution is -2.20. The van der Waals surface area contributed by atoms with E-state index in [2.05, 4.69) is 15.4 Å². The smallest absolute Gasteiger partial charge is 0.261 e. The molecule has 0 atom stereocenters. The van der Waals surface area contributed by atoms with Gasteiger partial charge in [-0.3, -0.25) is 4.79 Å². The number of hydrogen-bond donors (Lipinski definition) is 1. The van der Waals surface area contributed by atoms with Crippen molar-refractivity contribution in [3.8, 4) is 0 Å². The first-order valence-electron chi connectivity index (χ1n) is 7.20. The molecule has 3 rings (SSSR count). The Kier molecular flexibility index (Phi) is 4.16. The topological polar surface area (TPSA) is 62.5 Å². The normalized spacial score (nSPS) is 10.7. The summed E-state index contributed by atoms with van der Waals surface area (Å²) in [6, 6.07) is 7.18. The van der Waals surface area contributed by atoms with Crippen LogP contribution >= 0.6 is 11.6 Å². The third kappa shape index (κ3) is 2.98. The summed E-state index contributed by atoms with van der Waals surface area (Å²) < 4.78 is 1.56. The second kappa shape index (κ2) is 6.26. The van der Waals surface area contributed by atoms with Gasteiger partial charge in [-0.05, 0) is 31.2 Å². The monoisotopic (exact) mass is 329 g/mol. The first kappa shape index (κ1) is 15.3. The first-order valence-corrected chi connectivity index (χ1v) is 7.58. The standard InChI is InChI=1S/C16H16ClN5O/c1-3-21(2)14-6-5-11(17)9-13(14)20-16(23)12-10-19-22-8-4-7-18-15(12)22/h4-10H,3H2,1-2H3,(H,20,23). The van der Waals surface area contributed by atoms with Crippen LogP contribution in [-0.2, 0) is 0 Å². The van der Waals surface area contributed by atoms with E-state index in [0.717, 1.165) is 12.2 Å². The number of hydrogen-bond acceptors (Lipinski definition) is 4. The summed E-state index contributed by atoms with van der Waals surface area (Å²) in [5.74, 6) is -0.272. The fraction of sp³-hybridized carbons (Fsp3) is 0.188. The summed E-state index contributed by atoms with van der Waals surface area (Å²) in [4.78, 5) is 18.8. The fourth-order valence-corrected chi connectivity index (χ4v) is 2.46. The van der Waals surface area contributed by atoms with Crippen LogP contribution in [0.5, 0.6) is 0 Å². The SMILES string of the molecule is CCN(C)c1ccc(Cl)cc1NC(=O)c1cnn2cccnc12. The van der Waals surface area contributed by atoms with E-state index in [1.165, 1.54) is 6.20 Å². The molecule has 2 aromatic heterocycles. The number of carbonyl (C=O) groups excluding carboxylic acids is 1. The average Bonchev–Trinajstić information content (AvgIpc) is 2.98. The Balaban J connectivity index is 1.95. The zero-order chi connectivity index (χ0) is 16.4. The lowest BCUT2D eigenvalue weighted by molar-refractivity contribution is 0.102. The minimum Gasteiger partial charge on any atom is -0.373 e. The molecule has 7 heteroatoms. The van der Waals surface area contributed by atoms with Gasteiger partial charge in [0.15, 0.2) is 5.65 Å². The van der Waals surface area contributed by atoms with Crippen LogP contribution in [0.3, 0.4) is 0 Å². The molecule has 0 radical (unpaired) electrons. The Bertz CT molecular complexity index is 861. The highest BCUT2D eigenvalue weighted by atomic mass is 35.5. The minimum absolute atomic E-state index is 0.272. The molecule has 0 aliphatic heterocycles. The molecule has 6 nitrogen and oxygen atoms in total. The second-order valence-electron chi connectivity index (χ2n) is 5.08. The zero-order valence-electron chi connectivity index (χ0n) is 12.8. The Labute approximate surface area is 138 Å². The van der Waals surface area contributed by atoms with Crippen molar-refractivity contribution in [2.24, 2.45) is 0 Å². The van der Waals surface area contributed by atoms with Gasteiger partial charge in [0.2, 0.25) is 0 Å². The Morgan fingerprint density at radius 3 is 3.04 bits per heavy atom. The van der Waals surface area contributed by atoms with Crippen LogP contribution in [-0.4, -0.2) is 34.1 Å². The van der Waals surface area contributed by atoms with Gasteiger partial charge in [-0.15, -0.1) is 0 Å². The third-order valence-corrected chi connectivity index (χ3v) is 3.85. The number of nitrogens with zero attached hydrogens (tertiary/aromatic N) is 4. The quantitative estimate of drug-likeness (QED) is 0.799. The summed E-state index contributed by atoms with van der Waals surface area (Å²) in [7, 11) is 1.95. The number of nitrogens with one attached hydrogen (secondary N) is 1. The largest absolute Gasteiger partial charge is 0.373 e. The molecule has 0 aliphatic carbocycles. The van der Waals surface area contributed by atoms with E-state index in [4.69, 9.17) is 11.6 Å². The van der Waals surface area contributed by atoms with Crippen LogP contribution in [0.2, 0.25) is 5.02 Å². The number of aromatic nitrogens is 3. The second-order valence-corrected chi connectivity index (χ2v) is 5.51. The molecular weight excluding hydrogens is 314 g/mol. The van der Waals surface area contributed by atoms with Gasteiger partial charge in [0, 0.05) is 31.0 Å². The van der Waals surface area contributed by atoms with Crippen LogP contribution in [0.25, 0.3) is 5.65 Å². The Morgan fingerprint density at radius 1 is 1.43 bits per heavy atom. The van der Waals surface area contributed by atoms with E-state index in [1.807, 2.05) is 24.9 Å². The van der Waals surface area contributed by atoms with Crippen LogP contribution in [0.15, 0.2) is 42.9 Å². The molecule has 0 aliphatic rings. The van der Waals surface area contributed by atoms with E-state index in [0.29, 0.717) is 21.9 Å². The molecule has 1 amide bonds. The summed E-state index contributed by atoms with van der Waals surface area (Å²) in [6.07, 6.45) is 4.88. The molecule has 23 heavy (non-hydrogen) atoms. The molecule has 3 aromatic rings. The number of fused-ring (bicyclic) bond motifs is 1. The van der Waals surface area contributed by atoms with Gasteiger partial charge in [-0.2, -0.15) is 5.10 Å². The number of rotatable bonds is 4. The van der Waals surface area contributed by atoms with Crippen LogP contribution in [0.4, 0.5) is 11.4 Å². The number of amides is 1. The molecule has 0 saturated carbocycles. The molecule has 0 saturated heterocycles.